The zero-order chi connectivity index (χ0) is 12.3. The summed E-state index contributed by atoms with van der Waals surface area (Å²) >= 11 is 0. The first-order valence-electron chi connectivity index (χ1n) is 5.23. The Balaban J connectivity index is 2.17. The fraction of sp³-hybridized carbons (Fsp3) is 0.333. The van der Waals surface area contributed by atoms with Gasteiger partial charge < -0.3 is 14.4 Å². The molecule has 0 aliphatic carbocycles. The summed E-state index contributed by atoms with van der Waals surface area (Å²) in [6, 6.07) is 7.32. The lowest BCUT2D eigenvalue weighted by Gasteiger charge is -2.13. The van der Waals surface area contributed by atoms with Gasteiger partial charge in [-0.3, -0.25) is 0 Å². The summed E-state index contributed by atoms with van der Waals surface area (Å²) < 4.78 is 9.95. The number of nitrogens with zero attached hydrogens (tertiary/aromatic N) is 2. The van der Waals surface area contributed by atoms with Crippen LogP contribution in [0.4, 0.5) is 4.79 Å². The molecule has 1 heterocycles. The minimum absolute atomic E-state index is 0.298. The number of rotatable bonds is 3. The van der Waals surface area contributed by atoms with Crippen LogP contribution in [0.3, 0.4) is 0 Å². The van der Waals surface area contributed by atoms with Crippen LogP contribution in [-0.4, -0.2) is 31.3 Å². The van der Waals surface area contributed by atoms with Crippen LogP contribution in [0.25, 0.3) is 0 Å². The van der Waals surface area contributed by atoms with Gasteiger partial charge in [-0.15, -0.1) is 0 Å². The maximum Gasteiger partial charge on any atom is 0.410 e. The number of benzene rings is 1. The van der Waals surface area contributed by atoms with E-state index in [1.807, 2.05) is 12.1 Å². The predicted molar refractivity (Wildman–Crippen MR) is 59.5 cm³/mol. The number of cyclic esters (lactones) is 1. The number of nitriles is 1. The fourth-order valence-corrected chi connectivity index (χ4v) is 1.72. The molecule has 1 aromatic carbocycles. The highest BCUT2D eigenvalue weighted by Crippen LogP contribution is 2.21. The third kappa shape index (κ3) is 2.31. The molecule has 5 nitrogen and oxygen atoms in total. The van der Waals surface area contributed by atoms with Crippen LogP contribution in [0.1, 0.15) is 11.1 Å². The van der Waals surface area contributed by atoms with Crippen LogP contribution in [0.2, 0.25) is 0 Å². The number of amides is 1. The van der Waals surface area contributed by atoms with E-state index < -0.39 is 0 Å². The average Bonchev–Trinajstić information content (AvgIpc) is 2.75. The molecule has 0 unspecified atom stereocenters. The van der Waals surface area contributed by atoms with Gasteiger partial charge in [-0.1, -0.05) is 6.07 Å². The highest BCUT2D eigenvalue weighted by atomic mass is 16.6. The van der Waals surface area contributed by atoms with Crippen molar-refractivity contribution in [2.75, 3.05) is 20.3 Å². The first kappa shape index (κ1) is 11.3. The lowest BCUT2D eigenvalue weighted by atomic mass is 10.1. The van der Waals surface area contributed by atoms with Crippen LogP contribution < -0.4 is 4.74 Å². The second-order valence-corrected chi connectivity index (χ2v) is 3.68. The number of hydrogen-bond donors (Lipinski definition) is 0. The number of hydrogen-bond acceptors (Lipinski definition) is 4. The van der Waals surface area contributed by atoms with Gasteiger partial charge in [-0.05, 0) is 17.7 Å². The Labute approximate surface area is 99.2 Å². The molecule has 88 valence electrons. The Bertz CT molecular complexity index is 479. The van der Waals surface area contributed by atoms with E-state index in [2.05, 4.69) is 0 Å². The summed E-state index contributed by atoms with van der Waals surface area (Å²) in [6.07, 6.45) is -0.298. The molecule has 1 saturated heterocycles. The van der Waals surface area contributed by atoms with Gasteiger partial charge in [0.25, 0.3) is 0 Å². The van der Waals surface area contributed by atoms with Crippen molar-refractivity contribution >= 4 is 6.09 Å². The van der Waals surface area contributed by atoms with Crippen molar-refractivity contribution in [2.24, 2.45) is 0 Å². The molecule has 0 saturated carbocycles. The van der Waals surface area contributed by atoms with E-state index in [-0.39, 0.29) is 6.09 Å². The maximum atomic E-state index is 11.3. The predicted octanol–water partition coefficient (Wildman–Crippen LogP) is 1.52. The highest BCUT2D eigenvalue weighted by Gasteiger charge is 2.22. The molecule has 0 spiro atoms. The Morgan fingerprint density at radius 1 is 1.59 bits per heavy atom. The molecule has 5 heteroatoms. The largest absolute Gasteiger partial charge is 0.495 e. The third-order valence-corrected chi connectivity index (χ3v) is 2.60. The Morgan fingerprint density at radius 2 is 2.41 bits per heavy atom. The molecule has 1 amide bonds. The minimum atomic E-state index is -0.298. The van der Waals surface area contributed by atoms with Gasteiger partial charge in [0.1, 0.15) is 18.4 Å². The topological polar surface area (TPSA) is 62.6 Å². The molecule has 1 aliphatic heterocycles. The van der Waals surface area contributed by atoms with E-state index in [9.17, 15) is 4.79 Å². The Kier molecular flexibility index (Phi) is 3.15. The van der Waals surface area contributed by atoms with Crippen molar-refractivity contribution in [3.8, 4) is 11.8 Å². The minimum Gasteiger partial charge on any atom is -0.495 e. The van der Waals surface area contributed by atoms with E-state index in [1.165, 1.54) is 7.11 Å². The van der Waals surface area contributed by atoms with Crippen molar-refractivity contribution < 1.29 is 14.3 Å². The summed E-state index contributed by atoms with van der Waals surface area (Å²) in [5.41, 5.74) is 1.40. The molecule has 0 radical (unpaired) electrons. The molecule has 1 fully saturated rings. The molecule has 0 N–H and O–H groups in total. The van der Waals surface area contributed by atoms with Gasteiger partial charge in [-0.2, -0.15) is 5.26 Å². The highest BCUT2D eigenvalue weighted by molar-refractivity contribution is 5.69. The van der Waals surface area contributed by atoms with Crippen molar-refractivity contribution in [1.82, 2.24) is 4.90 Å². The first-order valence-corrected chi connectivity index (χ1v) is 5.23. The average molecular weight is 232 g/mol. The number of methoxy groups -OCH3 is 1. The molecule has 1 aliphatic rings. The second kappa shape index (κ2) is 4.74. The van der Waals surface area contributed by atoms with Gasteiger partial charge in [0.15, 0.2) is 0 Å². The molecule has 17 heavy (non-hydrogen) atoms. The van der Waals surface area contributed by atoms with E-state index in [0.29, 0.717) is 31.0 Å². The van der Waals surface area contributed by atoms with Crippen LogP contribution in [0, 0.1) is 11.3 Å². The summed E-state index contributed by atoms with van der Waals surface area (Å²) in [7, 11) is 1.52. The van der Waals surface area contributed by atoms with Crippen molar-refractivity contribution in [1.29, 1.82) is 5.26 Å². The van der Waals surface area contributed by atoms with Gasteiger partial charge >= 0.3 is 6.09 Å². The second-order valence-electron chi connectivity index (χ2n) is 3.68. The number of carbonyl (C=O) groups is 1. The van der Waals surface area contributed by atoms with Gasteiger partial charge in [-0.25, -0.2) is 4.79 Å². The van der Waals surface area contributed by atoms with Gasteiger partial charge in [0.05, 0.1) is 19.2 Å². The normalized spacial score (nSPS) is 14.4. The van der Waals surface area contributed by atoms with E-state index in [0.717, 1.165) is 5.56 Å². The zero-order valence-electron chi connectivity index (χ0n) is 9.47. The lowest BCUT2D eigenvalue weighted by molar-refractivity contribution is 0.157. The summed E-state index contributed by atoms with van der Waals surface area (Å²) in [6.45, 7) is 1.51. The molecule has 2 rings (SSSR count). The van der Waals surface area contributed by atoms with Gasteiger partial charge in [0.2, 0.25) is 0 Å². The first-order chi connectivity index (χ1) is 8.24. The van der Waals surface area contributed by atoms with Crippen LogP contribution in [-0.2, 0) is 11.3 Å². The monoisotopic (exact) mass is 232 g/mol. The lowest BCUT2D eigenvalue weighted by Crippen LogP contribution is -2.23. The molecule has 0 atom stereocenters. The SMILES string of the molecule is COc1cc(CN2CCOC2=O)ccc1C#N. The summed E-state index contributed by atoms with van der Waals surface area (Å²) in [5, 5.41) is 8.85. The number of carbonyl (C=O) groups excluding carboxylic acids is 1. The van der Waals surface area contributed by atoms with Crippen molar-refractivity contribution in [2.45, 2.75) is 6.54 Å². The summed E-state index contributed by atoms with van der Waals surface area (Å²) in [4.78, 5) is 12.9. The molecule has 0 aromatic heterocycles. The van der Waals surface area contributed by atoms with E-state index in [4.69, 9.17) is 14.7 Å². The standard InChI is InChI=1S/C12H12N2O3/c1-16-11-6-9(2-3-10(11)7-13)8-14-4-5-17-12(14)15/h2-3,6H,4-5,8H2,1H3. The van der Waals surface area contributed by atoms with Crippen molar-refractivity contribution in [3.63, 3.8) is 0 Å². The molecule has 1 aromatic rings. The van der Waals surface area contributed by atoms with Crippen molar-refractivity contribution in [3.05, 3.63) is 29.3 Å². The quantitative estimate of drug-likeness (QED) is 0.792. The van der Waals surface area contributed by atoms with E-state index >= 15 is 0 Å². The van der Waals surface area contributed by atoms with Crippen LogP contribution >= 0.6 is 0 Å². The zero-order valence-corrected chi connectivity index (χ0v) is 9.47. The maximum absolute atomic E-state index is 11.3. The molecule has 0 bridgehead atoms. The Hall–Kier alpha value is -2.22. The fourth-order valence-electron chi connectivity index (χ4n) is 1.72. The van der Waals surface area contributed by atoms with Crippen LogP contribution in [0.15, 0.2) is 18.2 Å². The van der Waals surface area contributed by atoms with Crippen LogP contribution in [0.5, 0.6) is 5.75 Å². The Morgan fingerprint density at radius 3 is 3.00 bits per heavy atom. The van der Waals surface area contributed by atoms with E-state index in [1.54, 1.807) is 17.0 Å². The number of ether oxygens (including phenoxy) is 2. The molecular formula is C12H12N2O3. The smallest absolute Gasteiger partial charge is 0.410 e. The van der Waals surface area contributed by atoms with Gasteiger partial charge in [0, 0.05) is 6.54 Å². The molecular weight excluding hydrogens is 220 g/mol. The summed E-state index contributed by atoms with van der Waals surface area (Å²) in [5.74, 6) is 0.526. The third-order valence-electron chi connectivity index (χ3n) is 2.60.